The molecule has 25 heavy (non-hydrogen) atoms. The van der Waals surface area contributed by atoms with Crippen molar-refractivity contribution in [2.45, 2.75) is 25.8 Å². The first-order valence-electron chi connectivity index (χ1n) is 8.40. The molecule has 1 aliphatic heterocycles. The van der Waals surface area contributed by atoms with Crippen molar-refractivity contribution in [3.05, 3.63) is 69.8 Å². The number of nitro groups is 1. The maximum absolute atomic E-state index is 12.6. The van der Waals surface area contributed by atoms with Crippen molar-refractivity contribution in [2.24, 2.45) is 0 Å². The van der Waals surface area contributed by atoms with Crippen LogP contribution in [0, 0.1) is 17.0 Å². The van der Waals surface area contributed by atoms with Crippen molar-refractivity contribution < 1.29 is 9.72 Å². The second kappa shape index (κ2) is 7.34. The van der Waals surface area contributed by atoms with E-state index < -0.39 is 4.92 Å². The highest BCUT2D eigenvalue weighted by Gasteiger charge is 2.27. The van der Waals surface area contributed by atoms with Gasteiger partial charge in [0, 0.05) is 30.9 Å². The highest BCUT2D eigenvalue weighted by molar-refractivity contribution is 5.98. The second-order valence-electron chi connectivity index (χ2n) is 6.35. The highest BCUT2D eigenvalue weighted by atomic mass is 16.6. The topological polar surface area (TPSA) is 75.5 Å². The standard InChI is InChI=1S/C19H21N3O3/c1-14-5-4-6-16(13-14)20-15-9-11-21(12-10-15)19(23)17-7-2-3-8-18(17)22(24)25/h2-8,13,15,20H,9-12H2,1H3. The monoisotopic (exact) mass is 339 g/mol. The van der Waals surface area contributed by atoms with Crippen molar-refractivity contribution in [3.63, 3.8) is 0 Å². The number of hydrogen-bond donors (Lipinski definition) is 1. The second-order valence-corrected chi connectivity index (χ2v) is 6.35. The Labute approximate surface area is 146 Å². The number of nitro benzene ring substituents is 1. The minimum absolute atomic E-state index is 0.132. The summed E-state index contributed by atoms with van der Waals surface area (Å²) in [4.78, 5) is 25.0. The first kappa shape index (κ1) is 17.0. The molecule has 0 saturated carbocycles. The molecule has 1 heterocycles. The van der Waals surface area contributed by atoms with Crippen LogP contribution in [0.2, 0.25) is 0 Å². The lowest BCUT2D eigenvalue weighted by atomic mass is 10.0. The van der Waals surface area contributed by atoms with Gasteiger partial charge in [-0.2, -0.15) is 0 Å². The summed E-state index contributed by atoms with van der Waals surface area (Å²) in [5.41, 5.74) is 2.32. The number of nitrogens with zero attached hydrogens (tertiary/aromatic N) is 2. The average molecular weight is 339 g/mol. The lowest BCUT2D eigenvalue weighted by Crippen LogP contribution is -2.42. The molecule has 1 saturated heterocycles. The quantitative estimate of drug-likeness (QED) is 0.682. The third-order valence-corrected chi connectivity index (χ3v) is 4.50. The van der Waals surface area contributed by atoms with Crippen LogP contribution in [0.5, 0.6) is 0 Å². The smallest absolute Gasteiger partial charge is 0.282 e. The van der Waals surface area contributed by atoms with E-state index in [0.29, 0.717) is 19.1 Å². The van der Waals surface area contributed by atoms with Crippen LogP contribution >= 0.6 is 0 Å². The van der Waals surface area contributed by atoms with Gasteiger partial charge in [-0.15, -0.1) is 0 Å². The van der Waals surface area contributed by atoms with Gasteiger partial charge in [-0.05, 0) is 43.5 Å². The van der Waals surface area contributed by atoms with Crippen LogP contribution in [0.15, 0.2) is 48.5 Å². The SMILES string of the molecule is Cc1cccc(NC2CCN(C(=O)c3ccccc3[N+](=O)[O-])CC2)c1. The van der Waals surface area contributed by atoms with Crippen LogP contribution in [-0.4, -0.2) is 34.9 Å². The van der Waals surface area contributed by atoms with Gasteiger partial charge in [0.1, 0.15) is 5.56 Å². The molecule has 0 atom stereocenters. The molecule has 0 aliphatic carbocycles. The van der Waals surface area contributed by atoms with Gasteiger partial charge in [0.05, 0.1) is 4.92 Å². The minimum atomic E-state index is -0.501. The van der Waals surface area contributed by atoms with E-state index >= 15 is 0 Å². The zero-order chi connectivity index (χ0) is 17.8. The Bertz CT molecular complexity index is 783. The third-order valence-electron chi connectivity index (χ3n) is 4.50. The largest absolute Gasteiger partial charge is 0.382 e. The van der Waals surface area contributed by atoms with Crippen molar-refractivity contribution >= 4 is 17.3 Å². The number of benzene rings is 2. The molecule has 1 fully saturated rings. The Morgan fingerprint density at radius 2 is 1.88 bits per heavy atom. The number of likely N-dealkylation sites (tertiary alicyclic amines) is 1. The summed E-state index contributed by atoms with van der Waals surface area (Å²) >= 11 is 0. The number of nitrogens with one attached hydrogen (secondary N) is 1. The predicted octanol–water partition coefficient (Wildman–Crippen LogP) is 3.62. The van der Waals surface area contributed by atoms with Crippen molar-refractivity contribution in [1.29, 1.82) is 0 Å². The highest BCUT2D eigenvalue weighted by Crippen LogP contribution is 2.23. The summed E-state index contributed by atoms with van der Waals surface area (Å²) in [7, 11) is 0. The van der Waals surface area contributed by atoms with Crippen LogP contribution in [0.25, 0.3) is 0 Å². The summed E-state index contributed by atoms with van der Waals surface area (Å²) in [5, 5.41) is 14.6. The number of carbonyl (C=O) groups is 1. The van der Waals surface area contributed by atoms with E-state index in [4.69, 9.17) is 0 Å². The van der Waals surface area contributed by atoms with Gasteiger partial charge in [0.2, 0.25) is 0 Å². The Balaban J connectivity index is 1.62. The molecule has 2 aromatic carbocycles. The lowest BCUT2D eigenvalue weighted by molar-refractivity contribution is -0.385. The molecule has 0 unspecified atom stereocenters. The zero-order valence-corrected chi connectivity index (χ0v) is 14.1. The number of carbonyl (C=O) groups excluding carboxylic acids is 1. The van der Waals surface area contributed by atoms with Gasteiger partial charge in [-0.25, -0.2) is 0 Å². The first-order valence-corrected chi connectivity index (χ1v) is 8.40. The van der Waals surface area contributed by atoms with Gasteiger partial charge in [0.15, 0.2) is 0 Å². The molecule has 3 rings (SSSR count). The Kier molecular flexibility index (Phi) is 4.97. The average Bonchev–Trinajstić information content (AvgIpc) is 2.62. The molecule has 6 nitrogen and oxygen atoms in total. The fraction of sp³-hybridized carbons (Fsp3) is 0.316. The van der Waals surface area contributed by atoms with Gasteiger partial charge < -0.3 is 10.2 Å². The molecule has 0 bridgehead atoms. The number of amides is 1. The Morgan fingerprint density at radius 1 is 1.16 bits per heavy atom. The number of anilines is 1. The molecular weight excluding hydrogens is 318 g/mol. The van der Waals surface area contributed by atoms with E-state index in [-0.39, 0.29) is 17.2 Å². The summed E-state index contributed by atoms with van der Waals surface area (Å²) in [6.45, 7) is 3.24. The van der Waals surface area contributed by atoms with Crippen LogP contribution in [0.4, 0.5) is 11.4 Å². The van der Waals surface area contributed by atoms with Gasteiger partial charge in [-0.3, -0.25) is 14.9 Å². The third kappa shape index (κ3) is 3.96. The predicted molar refractivity (Wildman–Crippen MR) is 96.8 cm³/mol. The number of piperidine rings is 1. The molecular formula is C19H21N3O3. The van der Waals surface area contributed by atoms with Crippen molar-refractivity contribution in [2.75, 3.05) is 18.4 Å². The van der Waals surface area contributed by atoms with E-state index in [2.05, 4.69) is 24.4 Å². The summed E-state index contributed by atoms with van der Waals surface area (Å²) in [6, 6.07) is 14.7. The fourth-order valence-corrected chi connectivity index (χ4v) is 3.18. The number of para-hydroxylation sites is 1. The fourth-order valence-electron chi connectivity index (χ4n) is 3.18. The molecule has 1 N–H and O–H groups in total. The van der Waals surface area contributed by atoms with E-state index in [1.807, 2.05) is 12.1 Å². The molecule has 1 amide bonds. The summed E-state index contributed by atoms with van der Waals surface area (Å²) < 4.78 is 0. The van der Waals surface area contributed by atoms with E-state index in [1.54, 1.807) is 17.0 Å². The Hall–Kier alpha value is -2.89. The Morgan fingerprint density at radius 3 is 2.56 bits per heavy atom. The summed E-state index contributed by atoms with van der Waals surface area (Å²) in [5.74, 6) is -0.263. The van der Waals surface area contributed by atoms with Crippen LogP contribution in [-0.2, 0) is 0 Å². The lowest BCUT2D eigenvalue weighted by Gasteiger charge is -2.33. The number of hydrogen-bond acceptors (Lipinski definition) is 4. The maximum Gasteiger partial charge on any atom is 0.282 e. The van der Waals surface area contributed by atoms with Gasteiger partial charge >= 0.3 is 0 Å². The number of rotatable bonds is 4. The van der Waals surface area contributed by atoms with E-state index in [9.17, 15) is 14.9 Å². The minimum Gasteiger partial charge on any atom is -0.382 e. The van der Waals surface area contributed by atoms with Crippen molar-refractivity contribution in [1.82, 2.24) is 4.90 Å². The molecule has 6 heteroatoms. The normalized spacial score (nSPS) is 15.0. The summed E-state index contributed by atoms with van der Waals surface area (Å²) in [6.07, 6.45) is 1.64. The molecule has 2 aromatic rings. The number of aryl methyl sites for hydroxylation is 1. The van der Waals surface area contributed by atoms with Crippen LogP contribution < -0.4 is 5.32 Å². The van der Waals surface area contributed by atoms with Gasteiger partial charge in [0.25, 0.3) is 11.6 Å². The van der Waals surface area contributed by atoms with Gasteiger partial charge in [-0.1, -0.05) is 24.3 Å². The molecule has 0 radical (unpaired) electrons. The molecule has 130 valence electrons. The van der Waals surface area contributed by atoms with Crippen LogP contribution in [0.3, 0.4) is 0 Å². The van der Waals surface area contributed by atoms with Crippen LogP contribution in [0.1, 0.15) is 28.8 Å². The maximum atomic E-state index is 12.6. The molecule has 0 spiro atoms. The zero-order valence-electron chi connectivity index (χ0n) is 14.1. The van der Waals surface area contributed by atoms with E-state index in [0.717, 1.165) is 18.5 Å². The molecule has 1 aliphatic rings. The first-order chi connectivity index (χ1) is 12.0. The molecule has 0 aromatic heterocycles. The van der Waals surface area contributed by atoms with Crippen molar-refractivity contribution in [3.8, 4) is 0 Å². The van der Waals surface area contributed by atoms with E-state index in [1.165, 1.54) is 17.7 Å².